The average Bonchev–Trinajstić information content (AvgIpc) is 2.21. The fraction of sp³-hybridized carbons (Fsp3) is 0.455. The van der Waals surface area contributed by atoms with Gasteiger partial charge in [0.25, 0.3) is 0 Å². The van der Waals surface area contributed by atoms with Crippen molar-refractivity contribution < 1.29 is 8.78 Å². The Morgan fingerprint density at radius 1 is 1.20 bits per heavy atom. The molecule has 1 aromatic rings. The van der Waals surface area contributed by atoms with Gasteiger partial charge < -0.3 is 5.73 Å². The lowest BCUT2D eigenvalue weighted by atomic mass is 10.00. The quantitative estimate of drug-likeness (QED) is 0.879. The van der Waals surface area contributed by atoms with Crippen molar-refractivity contribution in [2.75, 3.05) is 6.54 Å². The molecule has 84 valence electrons. The molecule has 0 heterocycles. The van der Waals surface area contributed by atoms with Gasteiger partial charge in [-0.25, -0.2) is 8.78 Å². The van der Waals surface area contributed by atoms with Gasteiger partial charge in [-0.15, -0.1) is 0 Å². The summed E-state index contributed by atoms with van der Waals surface area (Å²) in [5.74, 6) is -0.686. The van der Waals surface area contributed by atoms with Crippen molar-refractivity contribution >= 4 is 15.9 Å². The standard InChI is InChI=1S/C11H14BrF2N/c12-10-5-2-8(3-6-10)1-4-9(7-15)11(13)14/h2-3,5-6,9,11H,1,4,7,15H2. The zero-order valence-corrected chi connectivity index (χ0v) is 9.88. The van der Waals surface area contributed by atoms with Crippen LogP contribution >= 0.6 is 15.9 Å². The molecule has 0 bridgehead atoms. The summed E-state index contributed by atoms with van der Waals surface area (Å²) in [4.78, 5) is 0. The maximum Gasteiger partial charge on any atom is 0.242 e. The predicted octanol–water partition coefficient (Wildman–Crippen LogP) is 3.22. The molecule has 1 atom stereocenters. The highest BCUT2D eigenvalue weighted by molar-refractivity contribution is 9.10. The zero-order chi connectivity index (χ0) is 11.3. The van der Waals surface area contributed by atoms with E-state index in [1.807, 2.05) is 24.3 Å². The third-order valence-electron chi connectivity index (χ3n) is 2.38. The molecule has 15 heavy (non-hydrogen) atoms. The normalized spacial score (nSPS) is 13.1. The topological polar surface area (TPSA) is 26.0 Å². The molecule has 0 aliphatic rings. The molecule has 1 aromatic carbocycles. The molecule has 1 unspecified atom stereocenters. The van der Waals surface area contributed by atoms with Crippen molar-refractivity contribution in [2.24, 2.45) is 11.7 Å². The van der Waals surface area contributed by atoms with Crippen molar-refractivity contribution in [3.8, 4) is 0 Å². The lowest BCUT2D eigenvalue weighted by Crippen LogP contribution is -2.22. The highest BCUT2D eigenvalue weighted by Crippen LogP contribution is 2.17. The number of nitrogens with two attached hydrogens (primary N) is 1. The molecule has 0 fully saturated rings. The molecular weight excluding hydrogens is 264 g/mol. The highest BCUT2D eigenvalue weighted by Gasteiger charge is 2.17. The average molecular weight is 278 g/mol. The summed E-state index contributed by atoms with van der Waals surface area (Å²) in [5.41, 5.74) is 6.34. The van der Waals surface area contributed by atoms with E-state index in [0.29, 0.717) is 12.8 Å². The fourth-order valence-electron chi connectivity index (χ4n) is 1.35. The van der Waals surface area contributed by atoms with E-state index in [0.717, 1.165) is 10.0 Å². The van der Waals surface area contributed by atoms with Gasteiger partial charge in [-0.1, -0.05) is 28.1 Å². The molecule has 0 radical (unpaired) electrons. The molecular formula is C11H14BrF2N. The molecule has 1 rings (SSSR count). The van der Waals surface area contributed by atoms with Crippen molar-refractivity contribution in [2.45, 2.75) is 19.3 Å². The smallest absolute Gasteiger partial charge is 0.242 e. The molecule has 1 nitrogen and oxygen atoms in total. The Kier molecular flexibility index (Phi) is 5.19. The minimum Gasteiger partial charge on any atom is -0.330 e. The summed E-state index contributed by atoms with van der Waals surface area (Å²) < 4.78 is 25.8. The van der Waals surface area contributed by atoms with Crippen LogP contribution in [0.25, 0.3) is 0 Å². The van der Waals surface area contributed by atoms with E-state index in [2.05, 4.69) is 15.9 Å². The number of alkyl halides is 2. The van der Waals surface area contributed by atoms with Crippen LogP contribution in [-0.4, -0.2) is 13.0 Å². The van der Waals surface area contributed by atoms with Gasteiger partial charge in [0.15, 0.2) is 0 Å². The molecule has 0 aliphatic heterocycles. The van der Waals surface area contributed by atoms with Gasteiger partial charge in [-0.3, -0.25) is 0 Å². The second kappa shape index (κ2) is 6.18. The van der Waals surface area contributed by atoms with Gasteiger partial charge in [0.2, 0.25) is 6.43 Å². The SMILES string of the molecule is NCC(CCc1ccc(Br)cc1)C(F)F. The first kappa shape index (κ1) is 12.6. The van der Waals surface area contributed by atoms with Crippen molar-refractivity contribution in [1.29, 1.82) is 0 Å². The first-order valence-corrected chi connectivity index (χ1v) is 5.65. The van der Waals surface area contributed by atoms with Crippen LogP contribution in [0.1, 0.15) is 12.0 Å². The fourth-order valence-corrected chi connectivity index (χ4v) is 1.61. The van der Waals surface area contributed by atoms with Gasteiger partial charge in [0.1, 0.15) is 0 Å². The number of hydrogen-bond acceptors (Lipinski definition) is 1. The van der Waals surface area contributed by atoms with Gasteiger partial charge >= 0.3 is 0 Å². The first-order valence-electron chi connectivity index (χ1n) is 4.86. The van der Waals surface area contributed by atoms with Crippen LogP contribution in [0.15, 0.2) is 28.7 Å². The third kappa shape index (κ3) is 4.26. The monoisotopic (exact) mass is 277 g/mol. The molecule has 0 aromatic heterocycles. The molecule has 0 amide bonds. The van der Waals surface area contributed by atoms with Crippen molar-refractivity contribution in [3.63, 3.8) is 0 Å². The summed E-state index contributed by atoms with van der Waals surface area (Å²) in [6.45, 7) is 0.0498. The molecule has 0 spiro atoms. The largest absolute Gasteiger partial charge is 0.330 e. The van der Waals surface area contributed by atoms with Gasteiger partial charge in [0.05, 0.1) is 0 Å². The molecule has 4 heteroatoms. The Bertz CT molecular complexity index is 287. The van der Waals surface area contributed by atoms with Gasteiger partial charge in [-0.2, -0.15) is 0 Å². The summed E-state index contributed by atoms with van der Waals surface area (Å²) in [6, 6.07) is 7.69. The Hall–Kier alpha value is -0.480. The Morgan fingerprint density at radius 2 is 1.80 bits per heavy atom. The third-order valence-corrected chi connectivity index (χ3v) is 2.90. The van der Waals surface area contributed by atoms with Crippen LogP contribution in [0.5, 0.6) is 0 Å². The maximum absolute atomic E-state index is 12.4. The second-order valence-corrected chi connectivity index (χ2v) is 4.41. The second-order valence-electron chi connectivity index (χ2n) is 3.50. The number of benzene rings is 1. The minimum absolute atomic E-state index is 0.0498. The lowest BCUT2D eigenvalue weighted by Gasteiger charge is -2.13. The lowest BCUT2D eigenvalue weighted by molar-refractivity contribution is 0.0769. The minimum atomic E-state index is -2.31. The highest BCUT2D eigenvalue weighted by atomic mass is 79.9. The van der Waals surface area contributed by atoms with Crippen LogP contribution in [-0.2, 0) is 6.42 Å². The Balaban J connectivity index is 2.45. The van der Waals surface area contributed by atoms with E-state index in [4.69, 9.17) is 5.73 Å². The van der Waals surface area contributed by atoms with E-state index in [9.17, 15) is 8.78 Å². The van der Waals surface area contributed by atoms with Gasteiger partial charge in [0, 0.05) is 16.9 Å². The summed E-state index contributed by atoms with van der Waals surface area (Å²) in [5, 5.41) is 0. The summed E-state index contributed by atoms with van der Waals surface area (Å²) >= 11 is 3.32. The summed E-state index contributed by atoms with van der Waals surface area (Å²) in [6.07, 6.45) is -1.22. The van der Waals surface area contributed by atoms with Crippen LogP contribution in [0, 0.1) is 5.92 Å². The Labute approximate surface area is 96.8 Å². The molecule has 0 saturated heterocycles. The van der Waals surface area contributed by atoms with Crippen molar-refractivity contribution in [1.82, 2.24) is 0 Å². The van der Waals surface area contributed by atoms with Crippen LogP contribution in [0.2, 0.25) is 0 Å². The van der Waals surface area contributed by atoms with Crippen molar-refractivity contribution in [3.05, 3.63) is 34.3 Å². The summed E-state index contributed by atoms with van der Waals surface area (Å²) in [7, 11) is 0. The van der Waals surface area contributed by atoms with E-state index in [1.165, 1.54) is 0 Å². The van der Waals surface area contributed by atoms with Crippen LogP contribution in [0.3, 0.4) is 0 Å². The van der Waals surface area contributed by atoms with E-state index < -0.39 is 12.3 Å². The molecule has 0 aliphatic carbocycles. The van der Waals surface area contributed by atoms with E-state index in [-0.39, 0.29) is 6.54 Å². The Morgan fingerprint density at radius 3 is 2.27 bits per heavy atom. The van der Waals surface area contributed by atoms with Gasteiger partial charge in [-0.05, 0) is 30.5 Å². The van der Waals surface area contributed by atoms with Crippen LogP contribution in [0.4, 0.5) is 8.78 Å². The molecule has 2 N–H and O–H groups in total. The van der Waals surface area contributed by atoms with E-state index >= 15 is 0 Å². The first-order chi connectivity index (χ1) is 7.13. The zero-order valence-electron chi connectivity index (χ0n) is 8.30. The number of rotatable bonds is 5. The van der Waals surface area contributed by atoms with Crippen LogP contribution < -0.4 is 5.73 Å². The predicted molar refractivity (Wildman–Crippen MR) is 61.0 cm³/mol. The number of halogens is 3. The van der Waals surface area contributed by atoms with E-state index in [1.54, 1.807) is 0 Å². The maximum atomic E-state index is 12.4. The number of hydrogen-bond donors (Lipinski definition) is 1. The molecule has 0 saturated carbocycles. The number of aryl methyl sites for hydroxylation is 1.